The third-order valence-electron chi connectivity index (χ3n) is 5.46. The topological polar surface area (TPSA) is 42.2 Å². The number of nitrogens with zero attached hydrogens (tertiary/aromatic N) is 1. The summed E-state index contributed by atoms with van der Waals surface area (Å²) >= 11 is 0. The van der Waals surface area contributed by atoms with Crippen LogP contribution in [-0.2, 0) is 13.0 Å². The smallest absolute Gasteiger partial charge is 0.189 e. The molecule has 1 aromatic heterocycles. The van der Waals surface area contributed by atoms with Crippen molar-refractivity contribution in [1.82, 2.24) is 4.57 Å². The molecule has 27 heavy (non-hydrogen) atoms. The number of para-hydroxylation sites is 1. The molecule has 5 rings (SSSR count). The first-order valence-corrected chi connectivity index (χ1v) is 9.24. The molecular formula is C24H19NO2. The van der Waals surface area contributed by atoms with Crippen molar-refractivity contribution in [3.63, 3.8) is 0 Å². The number of ketones is 1. The highest BCUT2D eigenvalue weighted by molar-refractivity contribution is 6.16. The Bertz CT molecular complexity index is 1260. The van der Waals surface area contributed by atoms with E-state index >= 15 is 0 Å². The van der Waals surface area contributed by atoms with Crippen LogP contribution in [-0.4, -0.2) is 15.5 Å². The Labute approximate surface area is 157 Å². The lowest BCUT2D eigenvalue weighted by atomic mass is 10.0. The second-order valence-corrected chi connectivity index (χ2v) is 7.05. The highest BCUT2D eigenvalue weighted by atomic mass is 16.3. The van der Waals surface area contributed by atoms with E-state index in [1.807, 2.05) is 12.1 Å². The number of carbonyl (C=O) groups excluding carboxylic acids is 1. The van der Waals surface area contributed by atoms with Gasteiger partial charge in [-0.25, -0.2) is 0 Å². The van der Waals surface area contributed by atoms with Crippen LogP contribution in [0.25, 0.3) is 27.9 Å². The fraction of sp³-hybridized carbons (Fsp3) is 0.125. The summed E-state index contributed by atoms with van der Waals surface area (Å²) in [6.07, 6.45) is 2.60. The van der Waals surface area contributed by atoms with Crippen molar-refractivity contribution in [2.45, 2.75) is 19.9 Å². The lowest BCUT2D eigenvalue weighted by Gasteiger charge is -2.03. The van der Waals surface area contributed by atoms with Gasteiger partial charge in [0, 0.05) is 45.9 Å². The molecule has 3 aromatic carbocycles. The molecule has 0 aliphatic heterocycles. The number of aromatic hydroxyl groups is 1. The maximum atomic E-state index is 12.7. The van der Waals surface area contributed by atoms with E-state index in [9.17, 15) is 9.90 Å². The predicted octanol–water partition coefficient (Wildman–Crippen LogP) is 5.34. The molecule has 0 radical (unpaired) electrons. The van der Waals surface area contributed by atoms with Gasteiger partial charge >= 0.3 is 0 Å². The van der Waals surface area contributed by atoms with Gasteiger partial charge in [0.15, 0.2) is 5.78 Å². The Hall–Kier alpha value is -3.33. The highest BCUT2D eigenvalue weighted by Gasteiger charge is 2.25. The molecule has 132 valence electrons. The Morgan fingerprint density at radius 2 is 1.81 bits per heavy atom. The molecule has 0 unspecified atom stereocenters. The molecule has 1 N–H and O–H groups in total. The summed E-state index contributed by atoms with van der Waals surface area (Å²) in [6, 6.07) is 19.9. The molecule has 0 atom stereocenters. The maximum Gasteiger partial charge on any atom is 0.189 e. The van der Waals surface area contributed by atoms with Gasteiger partial charge in [-0.1, -0.05) is 30.3 Å². The number of Topliss-reactive ketones (excluding diaryl/α,β-unsaturated/α-hetero) is 1. The quantitative estimate of drug-likeness (QED) is 0.494. The minimum Gasteiger partial charge on any atom is -0.508 e. The van der Waals surface area contributed by atoms with E-state index in [0.29, 0.717) is 12.0 Å². The Kier molecular flexibility index (Phi) is 3.44. The van der Waals surface area contributed by atoms with Crippen molar-refractivity contribution in [2.75, 3.05) is 0 Å². The molecule has 1 heterocycles. The van der Waals surface area contributed by atoms with Gasteiger partial charge in [-0.3, -0.25) is 4.79 Å². The molecule has 3 nitrogen and oxygen atoms in total. The molecule has 1 aliphatic carbocycles. The molecule has 3 heteroatoms. The van der Waals surface area contributed by atoms with Crippen molar-refractivity contribution < 1.29 is 9.90 Å². The second-order valence-electron chi connectivity index (χ2n) is 7.05. The van der Waals surface area contributed by atoms with Gasteiger partial charge < -0.3 is 9.67 Å². The first kappa shape index (κ1) is 15.9. The van der Waals surface area contributed by atoms with Gasteiger partial charge in [-0.05, 0) is 54.5 Å². The first-order valence-electron chi connectivity index (χ1n) is 9.24. The van der Waals surface area contributed by atoms with Crippen LogP contribution in [0.4, 0.5) is 0 Å². The third-order valence-corrected chi connectivity index (χ3v) is 5.46. The van der Waals surface area contributed by atoms with Crippen molar-refractivity contribution in [3.8, 4) is 5.75 Å². The van der Waals surface area contributed by atoms with Crippen molar-refractivity contribution in [3.05, 3.63) is 82.9 Å². The number of hydrogen-bond acceptors (Lipinski definition) is 2. The molecule has 1 aliphatic rings. The third kappa shape index (κ3) is 2.39. The summed E-state index contributed by atoms with van der Waals surface area (Å²) in [6.45, 7) is 3.08. The van der Waals surface area contributed by atoms with Gasteiger partial charge in [0.25, 0.3) is 0 Å². The highest BCUT2D eigenvalue weighted by Crippen LogP contribution is 2.33. The van der Waals surface area contributed by atoms with Crippen LogP contribution >= 0.6 is 0 Å². The van der Waals surface area contributed by atoms with E-state index < -0.39 is 0 Å². The van der Waals surface area contributed by atoms with E-state index in [2.05, 4.69) is 54.0 Å². The summed E-state index contributed by atoms with van der Waals surface area (Å²) < 4.78 is 2.32. The van der Waals surface area contributed by atoms with Gasteiger partial charge in [0.1, 0.15) is 5.75 Å². The molecule has 4 aromatic rings. The van der Waals surface area contributed by atoms with Crippen LogP contribution in [0.1, 0.15) is 28.4 Å². The number of aromatic nitrogens is 1. The fourth-order valence-corrected chi connectivity index (χ4v) is 4.21. The van der Waals surface area contributed by atoms with Crippen LogP contribution < -0.4 is 0 Å². The minimum absolute atomic E-state index is 0.0111. The summed E-state index contributed by atoms with van der Waals surface area (Å²) in [5.41, 5.74) is 5.85. The number of rotatable bonds is 2. The van der Waals surface area contributed by atoms with Gasteiger partial charge in [-0.15, -0.1) is 0 Å². The molecule has 0 amide bonds. The van der Waals surface area contributed by atoms with Crippen molar-refractivity contribution in [2.24, 2.45) is 0 Å². The van der Waals surface area contributed by atoms with Crippen LogP contribution in [0.15, 0.2) is 66.2 Å². The lowest BCUT2D eigenvalue weighted by Crippen LogP contribution is -1.95. The average molecular weight is 353 g/mol. The molecule has 0 spiro atoms. The Balaban J connectivity index is 1.64. The molecule has 0 saturated heterocycles. The maximum absolute atomic E-state index is 12.7. The molecule has 0 saturated carbocycles. The number of phenolic OH excluding ortho intramolecular Hbond substituents is 1. The lowest BCUT2D eigenvalue weighted by molar-refractivity contribution is 0.104. The van der Waals surface area contributed by atoms with Gasteiger partial charge in [0.05, 0.1) is 0 Å². The van der Waals surface area contributed by atoms with Gasteiger partial charge in [-0.2, -0.15) is 0 Å². The van der Waals surface area contributed by atoms with Crippen LogP contribution in [0.5, 0.6) is 5.75 Å². The standard InChI is InChI=1S/C24H19NO2/c1-2-25-22-6-4-3-5-19(22)21-12-15(7-10-23(21)25)11-17-13-16-8-9-18(26)14-20(16)24(17)27/h3-12,14,26H,2,13H2,1H3. The number of allylic oxidation sites excluding steroid dienone is 1. The largest absolute Gasteiger partial charge is 0.508 e. The zero-order valence-corrected chi connectivity index (χ0v) is 15.1. The summed E-state index contributed by atoms with van der Waals surface area (Å²) in [5, 5.41) is 12.1. The summed E-state index contributed by atoms with van der Waals surface area (Å²) in [7, 11) is 0. The van der Waals surface area contributed by atoms with Crippen molar-refractivity contribution in [1.29, 1.82) is 0 Å². The summed E-state index contributed by atoms with van der Waals surface area (Å²) in [5.74, 6) is 0.147. The molecular weight excluding hydrogens is 334 g/mol. The number of hydrogen-bond donors (Lipinski definition) is 1. The van der Waals surface area contributed by atoms with Gasteiger partial charge in [0.2, 0.25) is 0 Å². The SMILES string of the molecule is CCn1c2ccccc2c2cc(C=C3Cc4ccc(O)cc4C3=O)ccc21. The minimum atomic E-state index is 0.0111. The van der Waals surface area contributed by atoms with Crippen LogP contribution in [0, 0.1) is 0 Å². The van der Waals surface area contributed by atoms with Crippen molar-refractivity contribution >= 4 is 33.7 Å². The zero-order chi connectivity index (χ0) is 18.5. The zero-order valence-electron chi connectivity index (χ0n) is 15.1. The monoisotopic (exact) mass is 353 g/mol. The molecule has 0 fully saturated rings. The van der Waals surface area contributed by atoms with E-state index in [1.165, 1.54) is 21.8 Å². The number of benzene rings is 3. The second kappa shape index (κ2) is 5.85. The Morgan fingerprint density at radius 1 is 1.00 bits per heavy atom. The number of fused-ring (bicyclic) bond motifs is 4. The molecule has 0 bridgehead atoms. The average Bonchev–Trinajstić information content (AvgIpc) is 3.16. The predicted molar refractivity (Wildman–Crippen MR) is 109 cm³/mol. The van der Waals surface area contributed by atoms with Crippen LogP contribution in [0.2, 0.25) is 0 Å². The normalized spacial score (nSPS) is 15.1. The number of aryl methyl sites for hydroxylation is 1. The van der Waals surface area contributed by atoms with E-state index in [-0.39, 0.29) is 11.5 Å². The van der Waals surface area contributed by atoms with E-state index in [1.54, 1.807) is 12.1 Å². The number of phenols is 1. The Morgan fingerprint density at radius 3 is 2.67 bits per heavy atom. The van der Waals surface area contributed by atoms with Crippen LogP contribution in [0.3, 0.4) is 0 Å². The van der Waals surface area contributed by atoms with E-state index in [0.717, 1.165) is 23.2 Å². The summed E-state index contributed by atoms with van der Waals surface area (Å²) in [4.78, 5) is 12.7. The fourth-order valence-electron chi connectivity index (χ4n) is 4.21. The first-order chi connectivity index (χ1) is 13.2. The van der Waals surface area contributed by atoms with E-state index in [4.69, 9.17) is 0 Å². The number of carbonyl (C=O) groups is 1.